The summed E-state index contributed by atoms with van der Waals surface area (Å²) in [6.07, 6.45) is 4.70. The molecule has 6 atom stereocenters. The van der Waals surface area contributed by atoms with Gasteiger partial charge in [-0.2, -0.15) is 0 Å². The number of nitrogens with one attached hydrogen (secondary N) is 9. The molecule has 1 aromatic heterocycles. The van der Waals surface area contributed by atoms with Crippen molar-refractivity contribution in [3.05, 3.63) is 84.1 Å². The third-order valence-corrected chi connectivity index (χ3v) is 13.9. The molecule has 4 aromatic rings. The Morgan fingerprint density at radius 1 is 0.763 bits per heavy atom. The zero-order valence-corrected chi connectivity index (χ0v) is 43.3. The van der Waals surface area contributed by atoms with E-state index in [9.17, 15) is 43.2 Å². The highest BCUT2D eigenvalue weighted by molar-refractivity contribution is 6.00. The number of nitrogens with two attached hydrogens (primary N) is 3. The lowest BCUT2D eigenvalue weighted by Gasteiger charge is -2.33. The van der Waals surface area contributed by atoms with Crippen LogP contribution in [0.15, 0.2) is 77.9 Å². The summed E-state index contributed by atoms with van der Waals surface area (Å²) in [5.74, 6) is -6.64. The quantitative estimate of drug-likeness (QED) is 0.0451. The molecule has 6 rings (SSSR count). The normalized spacial score (nSPS) is 21.7. The summed E-state index contributed by atoms with van der Waals surface area (Å²) in [4.78, 5) is 133. The van der Waals surface area contributed by atoms with Crippen LogP contribution in [0.2, 0.25) is 0 Å². The number of carbonyl (C=O) groups excluding carboxylic acids is 9. The summed E-state index contributed by atoms with van der Waals surface area (Å²) in [5.41, 5.74) is 17.6. The molecule has 22 heteroatoms. The predicted molar refractivity (Wildman–Crippen MR) is 286 cm³/mol. The Labute approximate surface area is 441 Å². The first-order chi connectivity index (χ1) is 36.4. The third kappa shape index (κ3) is 16.2. The molecule has 1 aliphatic heterocycles. The number of primary amides is 1. The maximum Gasteiger partial charge on any atom is 0.246 e. The maximum atomic E-state index is 15.0. The standard InChI is InChI=1S/C54H73N13O9/c1-3-4-17-40(61-32(2)68)47(71)65-44-30-45(69)58-25-12-9-19-39(46(55)70)62-50(74)43(29-36-31-60-38-18-8-7-16-37(36)38)64-48(72)41(20-13-26-59-53(56)57)63-49(73)42(28-33-21-22-34-14-5-6-15-35(34)27-33)66-52(76)54(67-51(44)75)23-10-11-24-54/h5-8,14-16,18,21-22,27,31,39-44,60H,3-4,9-13,17,19-20,23-26,28-30H2,1-2H3,(H2,55,70)(H,58,69)(H,61,68)(H,62,74)(H,63,73)(H,64,72)(H,65,71)(H,66,76)(H,67,75)(H4,56,57,59)/t39-,40+,41+,42-,43-,44+/m0/s1. The predicted octanol–water partition coefficient (Wildman–Crippen LogP) is 0.883. The minimum absolute atomic E-state index is 0.0303. The molecule has 1 spiro atoms. The molecule has 15 N–H and O–H groups in total. The van der Waals surface area contributed by atoms with E-state index in [1.165, 1.54) is 6.92 Å². The van der Waals surface area contributed by atoms with Gasteiger partial charge in [0.15, 0.2) is 5.96 Å². The highest BCUT2D eigenvalue weighted by atomic mass is 16.2. The van der Waals surface area contributed by atoms with Gasteiger partial charge in [-0.05, 0) is 79.3 Å². The highest BCUT2D eigenvalue weighted by Crippen LogP contribution is 2.31. The molecule has 1 saturated carbocycles. The minimum atomic E-state index is -1.61. The molecule has 2 heterocycles. The van der Waals surface area contributed by atoms with Gasteiger partial charge in [-0.1, -0.05) is 93.3 Å². The van der Waals surface area contributed by atoms with E-state index in [0.717, 1.165) is 21.7 Å². The average molecular weight is 1050 g/mol. The molecule has 9 amide bonds. The minimum Gasteiger partial charge on any atom is -0.370 e. The summed E-state index contributed by atoms with van der Waals surface area (Å²) < 4.78 is 0. The van der Waals surface area contributed by atoms with Crippen LogP contribution >= 0.6 is 0 Å². The van der Waals surface area contributed by atoms with E-state index in [1.807, 2.05) is 73.7 Å². The number of aliphatic imine (C=N–C) groups is 1. The Balaban J connectivity index is 1.39. The molecular weight excluding hydrogens is 975 g/mol. The smallest absolute Gasteiger partial charge is 0.246 e. The molecular formula is C54H73N13O9. The highest BCUT2D eigenvalue weighted by Gasteiger charge is 2.45. The van der Waals surface area contributed by atoms with Crippen molar-refractivity contribution in [1.29, 1.82) is 0 Å². The molecule has 0 radical (unpaired) electrons. The van der Waals surface area contributed by atoms with E-state index >= 15 is 0 Å². The lowest BCUT2D eigenvalue weighted by atomic mass is 9.93. The molecule has 1 saturated heterocycles. The monoisotopic (exact) mass is 1050 g/mol. The second kappa shape index (κ2) is 27.5. The van der Waals surface area contributed by atoms with Crippen molar-refractivity contribution in [1.82, 2.24) is 47.5 Å². The van der Waals surface area contributed by atoms with Gasteiger partial charge in [0.25, 0.3) is 0 Å². The summed E-state index contributed by atoms with van der Waals surface area (Å²) in [6.45, 7) is 3.33. The summed E-state index contributed by atoms with van der Waals surface area (Å²) in [5, 5.41) is 24.8. The summed E-state index contributed by atoms with van der Waals surface area (Å²) in [7, 11) is 0. The number of unbranched alkanes of at least 4 members (excludes halogenated alkanes) is 1. The largest absolute Gasteiger partial charge is 0.370 e. The van der Waals surface area contributed by atoms with Gasteiger partial charge < -0.3 is 64.7 Å². The van der Waals surface area contributed by atoms with Crippen LogP contribution in [0.25, 0.3) is 21.7 Å². The van der Waals surface area contributed by atoms with E-state index in [0.29, 0.717) is 43.2 Å². The van der Waals surface area contributed by atoms with Gasteiger partial charge in [-0.25, -0.2) is 0 Å². The van der Waals surface area contributed by atoms with Crippen molar-refractivity contribution in [3.63, 3.8) is 0 Å². The van der Waals surface area contributed by atoms with Gasteiger partial charge in [-0.3, -0.25) is 48.1 Å². The van der Waals surface area contributed by atoms with E-state index in [2.05, 4.69) is 52.5 Å². The number of para-hydroxylation sites is 1. The number of benzene rings is 3. The topological polar surface area (TPSA) is 356 Å². The SMILES string of the molecule is CCCC[C@@H](NC(C)=O)C(=O)N[C@@H]1CC(=O)NCCCC[C@@H](C(N)=O)NC(=O)[C@H](Cc2c[nH]c3ccccc23)NC(=O)[C@@H](CCCN=C(N)N)NC(=O)[C@H](Cc2ccc3ccccc3c2)NC(=O)C2(CCCC2)NC1=O. The van der Waals surface area contributed by atoms with Crippen LogP contribution in [0.3, 0.4) is 0 Å². The lowest BCUT2D eigenvalue weighted by molar-refractivity contribution is -0.139. The maximum absolute atomic E-state index is 15.0. The number of hydrogen-bond acceptors (Lipinski definition) is 10. The van der Waals surface area contributed by atoms with Gasteiger partial charge in [-0.15, -0.1) is 0 Å². The van der Waals surface area contributed by atoms with Crippen LogP contribution < -0.4 is 59.7 Å². The molecule has 0 bridgehead atoms. The number of nitrogens with zero attached hydrogens (tertiary/aromatic N) is 1. The molecule has 0 unspecified atom stereocenters. The van der Waals surface area contributed by atoms with Gasteiger partial charge >= 0.3 is 0 Å². The first kappa shape index (κ1) is 57.2. The van der Waals surface area contributed by atoms with Gasteiger partial charge in [0.05, 0.1) is 6.42 Å². The van der Waals surface area contributed by atoms with Gasteiger partial charge in [0.2, 0.25) is 53.2 Å². The van der Waals surface area contributed by atoms with E-state index in [1.54, 1.807) is 6.20 Å². The first-order valence-corrected chi connectivity index (χ1v) is 26.2. The molecule has 408 valence electrons. The fourth-order valence-electron chi connectivity index (χ4n) is 9.78. The molecule has 22 nitrogen and oxygen atoms in total. The number of hydrogen-bond donors (Lipinski definition) is 12. The van der Waals surface area contributed by atoms with Crippen molar-refractivity contribution in [2.45, 2.75) is 152 Å². The Hall–Kier alpha value is -8.04. The lowest BCUT2D eigenvalue weighted by Crippen LogP contribution is -2.65. The Kier molecular flexibility index (Phi) is 20.7. The molecule has 76 heavy (non-hydrogen) atoms. The molecule has 1 aliphatic carbocycles. The fraction of sp³-hybridized carbons (Fsp3) is 0.481. The van der Waals surface area contributed by atoms with Crippen LogP contribution in [-0.2, 0) is 56.0 Å². The third-order valence-electron chi connectivity index (χ3n) is 13.9. The van der Waals surface area contributed by atoms with E-state index in [-0.39, 0.29) is 76.8 Å². The second-order valence-electron chi connectivity index (χ2n) is 19.8. The van der Waals surface area contributed by atoms with Crippen LogP contribution in [0.5, 0.6) is 0 Å². The number of guanidine groups is 1. The second-order valence-corrected chi connectivity index (χ2v) is 19.8. The van der Waals surface area contributed by atoms with Crippen molar-refractivity contribution in [3.8, 4) is 0 Å². The van der Waals surface area contributed by atoms with Gasteiger partial charge in [0, 0.05) is 50.0 Å². The molecule has 3 aromatic carbocycles. The number of aromatic amines is 1. The Morgan fingerprint density at radius 2 is 1.45 bits per heavy atom. The first-order valence-electron chi connectivity index (χ1n) is 26.2. The number of rotatable bonds is 15. The Bertz CT molecular complexity index is 2770. The van der Waals surface area contributed by atoms with Gasteiger partial charge in [0.1, 0.15) is 41.8 Å². The van der Waals surface area contributed by atoms with Crippen molar-refractivity contribution < 1.29 is 43.2 Å². The molecule has 2 aliphatic rings. The Morgan fingerprint density at radius 3 is 2.17 bits per heavy atom. The van der Waals surface area contributed by atoms with Crippen LogP contribution in [0, 0.1) is 0 Å². The number of fused-ring (bicyclic) bond motifs is 2. The summed E-state index contributed by atoms with van der Waals surface area (Å²) >= 11 is 0. The van der Waals surface area contributed by atoms with Crippen molar-refractivity contribution in [2.24, 2.45) is 22.2 Å². The number of amides is 9. The zero-order valence-electron chi connectivity index (χ0n) is 43.3. The summed E-state index contributed by atoms with van der Waals surface area (Å²) in [6, 6.07) is 12.8. The fourth-order valence-corrected chi connectivity index (χ4v) is 9.78. The van der Waals surface area contributed by atoms with Crippen LogP contribution in [-0.4, -0.2) is 119 Å². The number of carbonyl (C=O) groups is 9. The average Bonchev–Trinajstić information content (AvgIpc) is 4.05. The van der Waals surface area contributed by atoms with E-state index in [4.69, 9.17) is 17.2 Å². The number of aromatic nitrogens is 1. The van der Waals surface area contributed by atoms with Crippen molar-refractivity contribution in [2.75, 3.05) is 13.1 Å². The number of H-pyrrole nitrogens is 1. The van der Waals surface area contributed by atoms with Crippen LogP contribution in [0.1, 0.15) is 108 Å². The van der Waals surface area contributed by atoms with E-state index < -0.39 is 101 Å². The van der Waals surface area contributed by atoms with Crippen LogP contribution in [0.4, 0.5) is 0 Å². The molecule has 2 fully saturated rings. The zero-order chi connectivity index (χ0) is 54.8. The van der Waals surface area contributed by atoms with Crippen molar-refractivity contribution >= 4 is 80.8 Å².